The van der Waals surface area contributed by atoms with Gasteiger partial charge in [-0.3, -0.25) is 4.79 Å². The minimum Gasteiger partial charge on any atom is -0.326 e. The molecule has 0 spiro atoms. The van der Waals surface area contributed by atoms with Gasteiger partial charge in [-0.15, -0.1) is 11.3 Å². The zero-order valence-electron chi connectivity index (χ0n) is 11.9. The summed E-state index contributed by atoms with van der Waals surface area (Å²) < 4.78 is 26.2. The second-order valence-electron chi connectivity index (χ2n) is 4.89. The Morgan fingerprint density at radius 2 is 1.78 bits per heavy atom. The molecule has 116 valence electrons. The molecule has 2 aromatic carbocycles. The number of thiazole rings is 1. The quantitative estimate of drug-likeness (QED) is 0.776. The highest BCUT2D eigenvalue weighted by atomic mass is 32.1. The third kappa shape index (κ3) is 3.98. The van der Waals surface area contributed by atoms with Crippen molar-refractivity contribution in [3.05, 3.63) is 71.2 Å². The number of carbonyl (C=O) groups is 1. The van der Waals surface area contributed by atoms with Crippen molar-refractivity contribution < 1.29 is 13.6 Å². The number of amides is 1. The van der Waals surface area contributed by atoms with Crippen LogP contribution in [0, 0.1) is 11.6 Å². The van der Waals surface area contributed by atoms with Crippen LogP contribution in [0.15, 0.2) is 53.9 Å². The largest absolute Gasteiger partial charge is 0.326 e. The van der Waals surface area contributed by atoms with E-state index in [1.165, 1.54) is 11.3 Å². The molecule has 1 heterocycles. The molecule has 0 unspecified atom stereocenters. The Kier molecular flexibility index (Phi) is 4.43. The third-order valence-corrected chi connectivity index (χ3v) is 4.00. The van der Waals surface area contributed by atoms with Crippen molar-refractivity contribution in [1.29, 1.82) is 0 Å². The van der Waals surface area contributed by atoms with Gasteiger partial charge in [0.25, 0.3) is 0 Å². The van der Waals surface area contributed by atoms with Crippen LogP contribution in [0.2, 0.25) is 0 Å². The summed E-state index contributed by atoms with van der Waals surface area (Å²) in [6.45, 7) is 0. The van der Waals surface area contributed by atoms with E-state index in [0.717, 1.165) is 28.8 Å². The molecule has 0 aliphatic heterocycles. The van der Waals surface area contributed by atoms with Gasteiger partial charge in [-0.2, -0.15) is 0 Å². The maximum absolute atomic E-state index is 13.1. The Hall–Kier alpha value is -2.60. The van der Waals surface area contributed by atoms with E-state index < -0.39 is 11.6 Å². The lowest BCUT2D eigenvalue weighted by molar-refractivity contribution is -0.115. The molecule has 0 aliphatic carbocycles. The SMILES string of the molecule is O=C(Cc1csc(-c2ccccc2)n1)Nc1cc(F)cc(F)c1. The van der Waals surface area contributed by atoms with Crippen molar-refractivity contribution in [3.63, 3.8) is 0 Å². The standard InChI is InChI=1S/C17H12F2N2OS/c18-12-6-13(19)8-14(7-12)20-16(22)9-15-10-23-17(21-15)11-4-2-1-3-5-11/h1-8,10H,9H2,(H,20,22). The van der Waals surface area contributed by atoms with Crippen LogP contribution in [0.5, 0.6) is 0 Å². The molecule has 0 aliphatic rings. The number of carbonyl (C=O) groups excluding carboxylic acids is 1. The summed E-state index contributed by atoms with van der Waals surface area (Å²) in [6.07, 6.45) is 0.0431. The van der Waals surface area contributed by atoms with E-state index in [2.05, 4.69) is 10.3 Å². The van der Waals surface area contributed by atoms with Crippen molar-refractivity contribution in [2.24, 2.45) is 0 Å². The third-order valence-electron chi connectivity index (χ3n) is 3.06. The van der Waals surface area contributed by atoms with Gasteiger partial charge < -0.3 is 5.32 Å². The summed E-state index contributed by atoms with van der Waals surface area (Å²) >= 11 is 1.44. The zero-order valence-corrected chi connectivity index (χ0v) is 12.7. The first-order valence-corrected chi connectivity index (χ1v) is 7.74. The lowest BCUT2D eigenvalue weighted by Gasteiger charge is -2.04. The Balaban J connectivity index is 1.68. The van der Waals surface area contributed by atoms with Crippen molar-refractivity contribution >= 4 is 22.9 Å². The molecule has 0 saturated carbocycles. The van der Waals surface area contributed by atoms with Crippen LogP contribution < -0.4 is 5.32 Å². The number of nitrogens with zero attached hydrogens (tertiary/aromatic N) is 1. The van der Waals surface area contributed by atoms with Crippen molar-refractivity contribution in [1.82, 2.24) is 4.98 Å². The molecule has 0 bridgehead atoms. The van der Waals surface area contributed by atoms with Gasteiger partial charge in [0.2, 0.25) is 5.91 Å². The molecule has 1 amide bonds. The summed E-state index contributed by atoms with van der Waals surface area (Å²) in [6, 6.07) is 12.5. The first-order chi connectivity index (χ1) is 11.1. The van der Waals surface area contributed by atoms with E-state index in [4.69, 9.17) is 0 Å². The highest BCUT2D eigenvalue weighted by molar-refractivity contribution is 7.13. The first kappa shape index (κ1) is 15.3. The molecular weight excluding hydrogens is 318 g/mol. The fourth-order valence-corrected chi connectivity index (χ4v) is 2.92. The first-order valence-electron chi connectivity index (χ1n) is 6.86. The van der Waals surface area contributed by atoms with Crippen molar-refractivity contribution in [2.45, 2.75) is 6.42 Å². The number of halogens is 2. The van der Waals surface area contributed by atoms with Crippen LogP contribution in [-0.2, 0) is 11.2 Å². The van der Waals surface area contributed by atoms with Gasteiger partial charge in [-0.1, -0.05) is 30.3 Å². The Bertz CT molecular complexity index is 813. The molecule has 0 radical (unpaired) electrons. The average molecular weight is 330 g/mol. The molecule has 6 heteroatoms. The summed E-state index contributed by atoms with van der Waals surface area (Å²) in [5.74, 6) is -1.85. The minimum absolute atomic E-state index is 0.0431. The molecule has 0 fully saturated rings. The molecule has 0 saturated heterocycles. The fraction of sp³-hybridized carbons (Fsp3) is 0.0588. The Morgan fingerprint density at radius 3 is 2.48 bits per heavy atom. The topological polar surface area (TPSA) is 42.0 Å². The highest BCUT2D eigenvalue weighted by Crippen LogP contribution is 2.23. The van der Waals surface area contributed by atoms with Gasteiger partial charge in [0.05, 0.1) is 12.1 Å². The molecule has 3 rings (SSSR count). The van der Waals surface area contributed by atoms with E-state index in [1.54, 1.807) is 5.38 Å². The number of aromatic nitrogens is 1. The number of hydrogen-bond donors (Lipinski definition) is 1. The van der Waals surface area contributed by atoms with Crippen LogP contribution in [0.25, 0.3) is 10.6 Å². The zero-order chi connectivity index (χ0) is 16.2. The monoisotopic (exact) mass is 330 g/mol. The molecular formula is C17H12F2N2OS. The summed E-state index contributed by atoms with van der Waals surface area (Å²) in [5.41, 5.74) is 1.69. The van der Waals surface area contributed by atoms with E-state index in [1.807, 2.05) is 30.3 Å². The van der Waals surface area contributed by atoms with E-state index in [9.17, 15) is 13.6 Å². The number of nitrogens with one attached hydrogen (secondary N) is 1. The normalized spacial score (nSPS) is 10.5. The van der Waals surface area contributed by atoms with E-state index >= 15 is 0 Å². The van der Waals surface area contributed by atoms with E-state index in [-0.39, 0.29) is 18.0 Å². The molecule has 3 nitrogen and oxygen atoms in total. The van der Waals surface area contributed by atoms with Gasteiger partial charge in [-0.05, 0) is 12.1 Å². The second kappa shape index (κ2) is 6.66. The molecule has 23 heavy (non-hydrogen) atoms. The number of hydrogen-bond acceptors (Lipinski definition) is 3. The average Bonchev–Trinajstić information content (AvgIpc) is 2.95. The molecule has 1 N–H and O–H groups in total. The van der Waals surface area contributed by atoms with Crippen LogP contribution in [0.1, 0.15) is 5.69 Å². The maximum atomic E-state index is 13.1. The predicted molar refractivity (Wildman–Crippen MR) is 86.2 cm³/mol. The van der Waals surface area contributed by atoms with Gasteiger partial charge >= 0.3 is 0 Å². The second-order valence-corrected chi connectivity index (χ2v) is 5.75. The predicted octanol–water partition coefficient (Wildman–Crippen LogP) is 4.27. The van der Waals surface area contributed by atoms with Crippen LogP contribution in [-0.4, -0.2) is 10.9 Å². The summed E-state index contributed by atoms with van der Waals surface area (Å²) in [7, 11) is 0. The smallest absolute Gasteiger partial charge is 0.230 e. The highest BCUT2D eigenvalue weighted by Gasteiger charge is 2.10. The van der Waals surface area contributed by atoms with Crippen LogP contribution in [0.3, 0.4) is 0 Å². The Morgan fingerprint density at radius 1 is 1.09 bits per heavy atom. The molecule has 1 aromatic heterocycles. The van der Waals surface area contributed by atoms with Crippen LogP contribution in [0.4, 0.5) is 14.5 Å². The number of anilines is 1. The summed E-state index contributed by atoms with van der Waals surface area (Å²) in [4.78, 5) is 16.4. The molecule has 0 atom stereocenters. The fourth-order valence-electron chi connectivity index (χ4n) is 2.10. The number of benzene rings is 2. The van der Waals surface area contributed by atoms with Gasteiger partial charge in [0, 0.05) is 22.7 Å². The van der Waals surface area contributed by atoms with E-state index in [0.29, 0.717) is 5.69 Å². The van der Waals surface area contributed by atoms with Crippen molar-refractivity contribution in [2.75, 3.05) is 5.32 Å². The molecule has 3 aromatic rings. The van der Waals surface area contributed by atoms with Crippen LogP contribution >= 0.6 is 11.3 Å². The van der Waals surface area contributed by atoms with Crippen molar-refractivity contribution in [3.8, 4) is 10.6 Å². The Labute approximate surface area is 135 Å². The minimum atomic E-state index is -0.736. The summed E-state index contributed by atoms with van der Waals surface area (Å²) in [5, 5.41) is 5.09. The maximum Gasteiger partial charge on any atom is 0.230 e. The lowest BCUT2D eigenvalue weighted by atomic mass is 10.2. The lowest BCUT2D eigenvalue weighted by Crippen LogP contribution is -2.14. The van der Waals surface area contributed by atoms with Gasteiger partial charge in [0.1, 0.15) is 16.6 Å². The van der Waals surface area contributed by atoms with Gasteiger partial charge in [-0.25, -0.2) is 13.8 Å². The van der Waals surface area contributed by atoms with Gasteiger partial charge in [0.15, 0.2) is 0 Å². The number of rotatable bonds is 4.